The van der Waals surface area contributed by atoms with Crippen molar-refractivity contribution in [3.8, 4) is 0 Å². The number of hydrogen-bond donors (Lipinski definition) is 3. The second-order valence-corrected chi connectivity index (χ2v) is 10.2. The molecule has 7 nitrogen and oxygen atoms in total. The summed E-state index contributed by atoms with van der Waals surface area (Å²) in [5.41, 5.74) is 8.03. The quantitative estimate of drug-likeness (QED) is 0.383. The van der Waals surface area contributed by atoms with Crippen molar-refractivity contribution in [3.63, 3.8) is 0 Å². The molecule has 3 rings (SSSR count). The number of benzene rings is 1. The molecule has 0 aromatic heterocycles. The zero-order chi connectivity index (χ0) is 24.9. The van der Waals surface area contributed by atoms with Gasteiger partial charge in [-0.25, -0.2) is 4.79 Å². The summed E-state index contributed by atoms with van der Waals surface area (Å²) in [5, 5.41) is 6.68. The van der Waals surface area contributed by atoms with Crippen molar-refractivity contribution < 1.29 is 9.59 Å². The first-order valence-electron chi connectivity index (χ1n) is 14.0. The van der Waals surface area contributed by atoms with Gasteiger partial charge in [0.05, 0.1) is 0 Å². The molecule has 1 aromatic rings. The van der Waals surface area contributed by atoms with Gasteiger partial charge in [0.2, 0.25) is 5.91 Å². The summed E-state index contributed by atoms with van der Waals surface area (Å²) in [6, 6.07) is 8.95. The van der Waals surface area contributed by atoms with Gasteiger partial charge < -0.3 is 26.2 Å². The van der Waals surface area contributed by atoms with Gasteiger partial charge >= 0.3 is 6.03 Å². The van der Waals surface area contributed by atoms with Crippen LogP contribution in [-0.2, 0) is 11.2 Å². The molecule has 2 saturated heterocycles. The maximum Gasteiger partial charge on any atom is 0.317 e. The van der Waals surface area contributed by atoms with Crippen molar-refractivity contribution >= 4 is 17.6 Å². The molecule has 0 unspecified atom stereocenters. The molecular formula is C28H47N5O2. The standard InChI is InChI=1S/C28H47N5O2/c1-2-3-4-5-6-7-18-30-28(35)33-19-13-24(14-20-33)27(34)32-21-15-26(16-22-32)31-25-10-8-23(9-11-25)12-17-29/h8-11,24,26,31H,2-7,12-22,29H2,1H3,(H,30,35). The molecule has 0 radical (unpaired) electrons. The van der Waals surface area contributed by atoms with E-state index in [2.05, 4.69) is 41.8 Å². The Balaban J connectivity index is 1.30. The molecule has 4 N–H and O–H groups in total. The Morgan fingerprint density at radius 3 is 2.17 bits per heavy atom. The number of nitrogens with one attached hydrogen (secondary N) is 2. The molecule has 0 bridgehead atoms. The number of carbonyl (C=O) groups excluding carboxylic acids is 2. The first-order valence-corrected chi connectivity index (χ1v) is 14.0. The fraction of sp³-hybridized carbons (Fsp3) is 0.714. The highest BCUT2D eigenvalue weighted by molar-refractivity contribution is 5.80. The van der Waals surface area contributed by atoms with Gasteiger partial charge in [-0.05, 0) is 62.8 Å². The summed E-state index contributed by atoms with van der Waals surface area (Å²) < 4.78 is 0. The Bertz CT molecular complexity index is 753. The predicted octanol–water partition coefficient (Wildman–Crippen LogP) is 4.37. The molecular weight excluding hydrogens is 438 g/mol. The topological polar surface area (TPSA) is 90.7 Å². The summed E-state index contributed by atoms with van der Waals surface area (Å²) in [7, 11) is 0. The number of hydrogen-bond acceptors (Lipinski definition) is 4. The maximum atomic E-state index is 13.1. The van der Waals surface area contributed by atoms with Crippen LogP contribution < -0.4 is 16.4 Å². The fourth-order valence-electron chi connectivity index (χ4n) is 5.21. The Hall–Kier alpha value is -2.28. The van der Waals surface area contributed by atoms with Crippen molar-refractivity contribution in [2.75, 3.05) is 44.6 Å². The molecule has 2 heterocycles. The van der Waals surface area contributed by atoms with Crippen LogP contribution in [0.4, 0.5) is 10.5 Å². The van der Waals surface area contributed by atoms with Crippen LogP contribution in [0.1, 0.15) is 76.7 Å². The molecule has 0 aliphatic carbocycles. The normalized spacial score (nSPS) is 17.4. The number of piperidine rings is 2. The van der Waals surface area contributed by atoms with Crippen LogP contribution in [0.5, 0.6) is 0 Å². The lowest BCUT2D eigenvalue weighted by molar-refractivity contribution is -0.137. The van der Waals surface area contributed by atoms with Gasteiger partial charge in [0.15, 0.2) is 0 Å². The Kier molecular flexibility index (Phi) is 11.7. The van der Waals surface area contributed by atoms with Crippen LogP contribution in [-0.4, -0.2) is 67.0 Å². The molecule has 0 saturated carbocycles. The summed E-state index contributed by atoms with van der Waals surface area (Å²) in [6.07, 6.45) is 11.7. The largest absolute Gasteiger partial charge is 0.382 e. The SMILES string of the molecule is CCCCCCCCNC(=O)N1CCC(C(=O)N2CCC(Nc3ccc(CCN)cc3)CC2)CC1. The third kappa shape index (κ3) is 9.02. The number of rotatable bonds is 12. The van der Waals surface area contributed by atoms with Gasteiger partial charge in [-0.15, -0.1) is 0 Å². The number of nitrogens with two attached hydrogens (primary N) is 1. The molecule has 2 aliphatic rings. The highest BCUT2D eigenvalue weighted by Crippen LogP contribution is 2.23. The van der Waals surface area contributed by atoms with Crippen molar-refractivity contribution in [2.45, 2.75) is 83.6 Å². The van der Waals surface area contributed by atoms with Crippen LogP contribution in [0.2, 0.25) is 0 Å². The Labute approximate surface area is 212 Å². The molecule has 1 aromatic carbocycles. The second kappa shape index (κ2) is 15.0. The van der Waals surface area contributed by atoms with Gasteiger partial charge in [0.1, 0.15) is 0 Å². The monoisotopic (exact) mass is 485 g/mol. The summed E-state index contributed by atoms with van der Waals surface area (Å²) >= 11 is 0. The zero-order valence-electron chi connectivity index (χ0n) is 21.8. The van der Waals surface area contributed by atoms with Gasteiger partial charge in [0, 0.05) is 50.4 Å². The van der Waals surface area contributed by atoms with E-state index in [4.69, 9.17) is 5.73 Å². The minimum absolute atomic E-state index is 0.0346. The third-order valence-electron chi connectivity index (χ3n) is 7.50. The lowest BCUT2D eigenvalue weighted by Crippen LogP contribution is -2.49. The number of unbranched alkanes of at least 4 members (excludes halogenated alkanes) is 5. The number of likely N-dealkylation sites (tertiary alicyclic amines) is 2. The van der Waals surface area contributed by atoms with E-state index in [1.54, 1.807) is 0 Å². The number of anilines is 1. The maximum absolute atomic E-state index is 13.1. The first-order chi connectivity index (χ1) is 17.1. The van der Waals surface area contributed by atoms with Crippen LogP contribution in [0.25, 0.3) is 0 Å². The van der Waals surface area contributed by atoms with Gasteiger partial charge in [0.25, 0.3) is 0 Å². The number of amides is 3. The van der Waals surface area contributed by atoms with Crippen molar-refractivity contribution in [2.24, 2.45) is 11.7 Å². The molecule has 0 spiro atoms. The lowest BCUT2D eigenvalue weighted by atomic mass is 9.94. The second-order valence-electron chi connectivity index (χ2n) is 10.2. The van der Waals surface area contributed by atoms with Gasteiger partial charge in [-0.1, -0.05) is 51.2 Å². The molecule has 35 heavy (non-hydrogen) atoms. The highest BCUT2D eigenvalue weighted by atomic mass is 16.2. The molecule has 196 valence electrons. The van der Waals surface area contributed by atoms with E-state index in [-0.39, 0.29) is 17.9 Å². The lowest BCUT2D eigenvalue weighted by Gasteiger charge is -2.37. The molecule has 3 amide bonds. The van der Waals surface area contributed by atoms with E-state index in [0.29, 0.717) is 25.7 Å². The summed E-state index contributed by atoms with van der Waals surface area (Å²) in [4.78, 5) is 29.5. The molecule has 0 atom stereocenters. The predicted molar refractivity (Wildman–Crippen MR) is 143 cm³/mol. The summed E-state index contributed by atoms with van der Waals surface area (Å²) in [5.74, 6) is 0.332. The molecule has 7 heteroatoms. The molecule has 2 fully saturated rings. The number of urea groups is 1. The fourth-order valence-corrected chi connectivity index (χ4v) is 5.21. The van der Waals surface area contributed by atoms with E-state index in [1.165, 1.54) is 37.7 Å². The average Bonchev–Trinajstić information content (AvgIpc) is 2.89. The van der Waals surface area contributed by atoms with E-state index in [9.17, 15) is 9.59 Å². The number of carbonyl (C=O) groups is 2. The smallest absolute Gasteiger partial charge is 0.317 e. The van der Waals surface area contributed by atoms with Crippen molar-refractivity contribution in [1.82, 2.24) is 15.1 Å². The van der Waals surface area contributed by atoms with Crippen LogP contribution in [0.3, 0.4) is 0 Å². The Morgan fingerprint density at radius 2 is 1.51 bits per heavy atom. The minimum Gasteiger partial charge on any atom is -0.382 e. The first kappa shape index (κ1) is 27.3. The Morgan fingerprint density at radius 1 is 0.886 bits per heavy atom. The average molecular weight is 486 g/mol. The third-order valence-corrected chi connectivity index (χ3v) is 7.50. The number of nitrogens with zero attached hydrogens (tertiary/aromatic N) is 2. The van der Waals surface area contributed by atoms with Gasteiger partial charge in [-0.3, -0.25) is 4.79 Å². The van der Waals surface area contributed by atoms with Crippen LogP contribution in [0.15, 0.2) is 24.3 Å². The van der Waals surface area contributed by atoms with Crippen LogP contribution >= 0.6 is 0 Å². The van der Waals surface area contributed by atoms with Gasteiger partial charge in [-0.2, -0.15) is 0 Å². The van der Waals surface area contributed by atoms with E-state index in [1.807, 2.05) is 9.80 Å². The highest BCUT2D eigenvalue weighted by Gasteiger charge is 2.32. The minimum atomic E-state index is 0.0346. The van der Waals surface area contributed by atoms with E-state index >= 15 is 0 Å². The molecule has 2 aliphatic heterocycles. The van der Waals surface area contributed by atoms with E-state index < -0.39 is 0 Å². The summed E-state index contributed by atoms with van der Waals surface area (Å²) in [6.45, 7) is 6.62. The van der Waals surface area contributed by atoms with E-state index in [0.717, 1.165) is 63.8 Å². The van der Waals surface area contributed by atoms with Crippen molar-refractivity contribution in [3.05, 3.63) is 29.8 Å². The zero-order valence-corrected chi connectivity index (χ0v) is 21.8. The van der Waals surface area contributed by atoms with Crippen molar-refractivity contribution in [1.29, 1.82) is 0 Å². The van der Waals surface area contributed by atoms with Crippen LogP contribution in [0, 0.1) is 5.92 Å².